The van der Waals surface area contributed by atoms with Crippen molar-refractivity contribution in [1.29, 1.82) is 0 Å². The molecule has 4 heterocycles. The molecule has 9 heteroatoms. The Morgan fingerprint density at radius 2 is 2.03 bits per heavy atom. The quantitative estimate of drug-likeness (QED) is 0.286. The number of aromatic nitrogens is 5. The molecule has 0 fully saturated rings. The fraction of sp³-hybridized carbons (Fsp3) is 0.130. The summed E-state index contributed by atoms with van der Waals surface area (Å²) in [6.45, 7) is 0.538. The van der Waals surface area contributed by atoms with Gasteiger partial charge in [-0.25, -0.2) is 4.98 Å². The van der Waals surface area contributed by atoms with Crippen molar-refractivity contribution >= 4 is 23.1 Å². The van der Waals surface area contributed by atoms with Crippen LogP contribution in [-0.4, -0.2) is 31.8 Å². The van der Waals surface area contributed by atoms with Crippen molar-refractivity contribution in [3.63, 3.8) is 0 Å². The zero-order valence-electron chi connectivity index (χ0n) is 17.2. The van der Waals surface area contributed by atoms with E-state index in [4.69, 9.17) is 14.1 Å². The number of hydrogen-bond donors (Lipinski definition) is 0. The van der Waals surface area contributed by atoms with Crippen molar-refractivity contribution in [1.82, 2.24) is 24.7 Å². The van der Waals surface area contributed by atoms with E-state index in [1.165, 1.54) is 0 Å². The van der Waals surface area contributed by atoms with Crippen LogP contribution >= 0.6 is 23.1 Å². The maximum absolute atomic E-state index is 5.57. The molecule has 1 aromatic carbocycles. The monoisotopic (exact) mass is 461 g/mol. The van der Waals surface area contributed by atoms with Gasteiger partial charge in [0.15, 0.2) is 11.0 Å². The third-order valence-electron chi connectivity index (χ3n) is 4.77. The van der Waals surface area contributed by atoms with Crippen molar-refractivity contribution in [3.05, 3.63) is 84.0 Å². The predicted molar refractivity (Wildman–Crippen MR) is 125 cm³/mol. The van der Waals surface area contributed by atoms with E-state index in [-0.39, 0.29) is 0 Å². The highest BCUT2D eigenvalue weighted by molar-refractivity contribution is 7.98. The molecule has 0 saturated heterocycles. The van der Waals surface area contributed by atoms with Gasteiger partial charge in [-0.1, -0.05) is 23.9 Å². The maximum Gasteiger partial charge on any atom is 0.192 e. The molecule has 0 atom stereocenters. The van der Waals surface area contributed by atoms with Crippen LogP contribution in [0.15, 0.2) is 82.1 Å². The summed E-state index contributed by atoms with van der Waals surface area (Å²) in [6.07, 6.45) is 5.20. The lowest BCUT2D eigenvalue weighted by molar-refractivity contribution is 0.416. The van der Waals surface area contributed by atoms with Gasteiger partial charge in [0.25, 0.3) is 0 Å². The summed E-state index contributed by atoms with van der Waals surface area (Å²) in [5, 5.41) is 12.7. The number of para-hydroxylation sites is 1. The van der Waals surface area contributed by atoms with E-state index in [2.05, 4.69) is 20.6 Å². The number of pyridine rings is 1. The van der Waals surface area contributed by atoms with Crippen LogP contribution in [0.5, 0.6) is 5.75 Å². The number of furan rings is 1. The summed E-state index contributed by atoms with van der Waals surface area (Å²) in [6, 6.07) is 15.6. The molecule has 0 N–H and O–H groups in total. The largest absolute Gasteiger partial charge is 0.496 e. The van der Waals surface area contributed by atoms with Crippen molar-refractivity contribution < 1.29 is 9.15 Å². The van der Waals surface area contributed by atoms with Crippen LogP contribution in [0.3, 0.4) is 0 Å². The molecule has 0 aliphatic heterocycles. The first kappa shape index (κ1) is 20.5. The summed E-state index contributed by atoms with van der Waals surface area (Å²) >= 11 is 3.20. The lowest BCUT2D eigenvalue weighted by Gasteiger charge is -2.08. The molecule has 160 valence electrons. The zero-order valence-corrected chi connectivity index (χ0v) is 18.8. The molecule has 32 heavy (non-hydrogen) atoms. The van der Waals surface area contributed by atoms with Crippen LogP contribution in [0.25, 0.3) is 22.0 Å². The second kappa shape index (κ2) is 9.37. The topological polar surface area (TPSA) is 78.9 Å². The first-order valence-electron chi connectivity index (χ1n) is 9.88. The molecule has 7 nitrogen and oxygen atoms in total. The molecule has 0 amide bonds. The summed E-state index contributed by atoms with van der Waals surface area (Å²) in [5.74, 6) is 3.09. The van der Waals surface area contributed by atoms with Gasteiger partial charge in [-0.05, 0) is 36.4 Å². The van der Waals surface area contributed by atoms with Crippen LogP contribution in [0.4, 0.5) is 0 Å². The fourth-order valence-corrected chi connectivity index (χ4v) is 5.05. The molecule has 0 bridgehead atoms. The summed E-state index contributed by atoms with van der Waals surface area (Å²) in [7, 11) is 1.68. The SMILES string of the molecule is COc1ccccc1-c1nc(CSc2nnc(-c3cccnc3)n2Cc2ccco2)cs1. The van der Waals surface area contributed by atoms with E-state index in [0.29, 0.717) is 12.3 Å². The molecule has 4 aromatic heterocycles. The first-order valence-corrected chi connectivity index (χ1v) is 11.7. The Labute approximate surface area is 193 Å². The number of ether oxygens (including phenoxy) is 1. The van der Waals surface area contributed by atoms with Crippen molar-refractivity contribution in [2.75, 3.05) is 7.11 Å². The van der Waals surface area contributed by atoms with E-state index in [1.54, 1.807) is 48.9 Å². The highest BCUT2D eigenvalue weighted by Gasteiger charge is 2.17. The minimum atomic E-state index is 0.538. The fourth-order valence-electron chi connectivity index (χ4n) is 3.26. The standard InChI is InChI=1S/C23H19N5O2S2/c1-29-20-9-3-2-8-19(20)22-25-17(14-31-22)15-32-23-27-26-21(16-6-4-10-24-12-16)28(23)13-18-7-5-11-30-18/h2-12,14H,13,15H2,1H3. The highest BCUT2D eigenvalue weighted by Crippen LogP contribution is 2.33. The molecule has 0 saturated carbocycles. The molecule has 0 spiro atoms. The number of nitrogens with zero attached hydrogens (tertiary/aromatic N) is 5. The highest BCUT2D eigenvalue weighted by atomic mass is 32.2. The van der Waals surface area contributed by atoms with E-state index in [1.807, 2.05) is 53.1 Å². The Morgan fingerprint density at radius 1 is 1.09 bits per heavy atom. The first-order chi connectivity index (χ1) is 15.8. The minimum Gasteiger partial charge on any atom is -0.496 e. The van der Waals surface area contributed by atoms with Crippen molar-refractivity contribution in [2.45, 2.75) is 17.5 Å². The Hall–Kier alpha value is -3.43. The summed E-state index contributed by atoms with van der Waals surface area (Å²) in [4.78, 5) is 9.02. The molecular formula is C23H19N5O2S2. The van der Waals surface area contributed by atoms with Crippen molar-refractivity contribution in [3.8, 4) is 27.7 Å². The normalized spacial score (nSPS) is 11.0. The lowest BCUT2D eigenvalue weighted by atomic mass is 10.2. The van der Waals surface area contributed by atoms with Crippen LogP contribution in [0, 0.1) is 0 Å². The molecule has 0 aliphatic carbocycles. The smallest absolute Gasteiger partial charge is 0.192 e. The number of rotatable bonds is 8. The number of methoxy groups -OCH3 is 1. The molecule has 0 radical (unpaired) electrons. The molecule has 5 rings (SSSR count). The number of hydrogen-bond acceptors (Lipinski definition) is 8. The van der Waals surface area contributed by atoms with Gasteiger partial charge in [-0.3, -0.25) is 9.55 Å². The summed E-state index contributed by atoms with van der Waals surface area (Å²) < 4.78 is 13.1. The van der Waals surface area contributed by atoms with Crippen molar-refractivity contribution in [2.24, 2.45) is 0 Å². The Bertz CT molecular complexity index is 1300. The zero-order chi connectivity index (χ0) is 21.8. The van der Waals surface area contributed by atoms with Gasteiger partial charge in [-0.2, -0.15) is 0 Å². The Balaban J connectivity index is 1.39. The average molecular weight is 462 g/mol. The molecule has 0 unspecified atom stereocenters. The third kappa shape index (κ3) is 4.30. The Morgan fingerprint density at radius 3 is 2.84 bits per heavy atom. The van der Waals surface area contributed by atoms with Crippen LogP contribution in [0.1, 0.15) is 11.5 Å². The van der Waals surface area contributed by atoms with Gasteiger partial charge in [0.05, 0.1) is 31.2 Å². The number of benzene rings is 1. The Kier molecular flexibility index (Phi) is 6.00. The van der Waals surface area contributed by atoms with Crippen LogP contribution in [0.2, 0.25) is 0 Å². The van der Waals surface area contributed by atoms with Crippen LogP contribution in [-0.2, 0) is 12.3 Å². The van der Waals surface area contributed by atoms with Gasteiger partial charge in [0.1, 0.15) is 16.5 Å². The molecular weight excluding hydrogens is 442 g/mol. The number of thiazole rings is 1. The van der Waals surface area contributed by atoms with Gasteiger partial charge in [-0.15, -0.1) is 21.5 Å². The van der Waals surface area contributed by atoms with E-state index < -0.39 is 0 Å². The van der Waals surface area contributed by atoms with E-state index in [0.717, 1.165) is 44.3 Å². The lowest BCUT2D eigenvalue weighted by Crippen LogP contribution is -2.03. The number of thioether (sulfide) groups is 1. The van der Waals surface area contributed by atoms with Gasteiger partial charge < -0.3 is 9.15 Å². The maximum atomic E-state index is 5.57. The average Bonchev–Trinajstić information content (AvgIpc) is 3.60. The van der Waals surface area contributed by atoms with Gasteiger partial charge in [0, 0.05) is 29.1 Å². The predicted octanol–water partition coefficient (Wildman–Crippen LogP) is 5.41. The van der Waals surface area contributed by atoms with E-state index >= 15 is 0 Å². The third-order valence-corrected chi connectivity index (χ3v) is 6.69. The minimum absolute atomic E-state index is 0.538. The van der Waals surface area contributed by atoms with E-state index in [9.17, 15) is 0 Å². The van der Waals surface area contributed by atoms with Gasteiger partial charge >= 0.3 is 0 Å². The van der Waals surface area contributed by atoms with Crippen LogP contribution < -0.4 is 4.74 Å². The summed E-state index contributed by atoms with van der Waals surface area (Å²) in [5.41, 5.74) is 2.89. The van der Waals surface area contributed by atoms with Gasteiger partial charge in [0.2, 0.25) is 0 Å². The second-order valence-electron chi connectivity index (χ2n) is 6.85. The molecule has 5 aromatic rings. The second-order valence-corrected chi connectivity index (χ2v) is 8.65. The molecule has 0 aliphatic rings.